The van der Waals surface area contributed by atoms with E-state index in [1.807, 2.05) is 4.90 Å². The highest BCUT2D eigenvalue weighted by Crippen LogP contribution is 2.20. The highest BCUT2D eigenvalue weighted by Gasteiger charge is 2.24. The monoisotopic (exact) mass is 364 g/mol. The number of aliphatic hydroxyl groups is 1. The molecule has 1 atom stereocenters. The van der Waals surface area contributed by atoms with Gasteiger partial charge in [0.2, 0.25) is 5.95 Å². The van der Waals surface area contributed by atoms with Crippen molar-refractivity contribution in [3.8, 4) is 0 Å². The lowest BCUT2D eigenvalue weighted by Gasteiger charge is -2.29. The minimum atomic E-state index is -0.828. The second-order valence-electron chi connectivity index (χ2n) is 6.23. The normalized spacial score (nSPS) is 16.2. The van der Waals surface area contributed by atoms with Gasteiger partial charge in [-0.2, -0.15) is 4.98 Å². The zero-order valence-electron chi connectivity index (χ0n) is 14.8. The van der Waals surface area contributed by atoms with Crippen LogP contribution in [0.4, 0.5) is 5.95 Å². The van der Waals surface area contributed by atoms with Crippen molar-refractivity contribution in [2.24, 2.45) is 7.05 Å². The van der Waals surface area contributed by atoms with Crippen LogP contribution in [0.25, 0.3) is 11.2 Å². The first-order chi connectivity index (χ1) is 12.5. The predicted molar refractivity (Wildman–Crippen MR) is 97.7 cm³/mol. The molecule has 3 heterocycles. The number of rotatable bonds is 7. The molecular weight excluding hydrogens is 340 g/mol. The van der Waals surface area contributed by atoms with Gasteiger partial charge in [-0.05, 0) is 0 Å². The van der Waals surface area contributed by atoms with Crippen LogP contribution in [0.2, 0.25) is 0 Å². The van der Waals surface area contributed by atoms with E-state index in [2.05, 4.69) is 21.9 Å². The van der Waals surface area contributed by atoms with Crippen LogP contribution in [0.1, 0.15) is 0 Å². The number of aromatic nitrogens is 4. The van der Waals surface area contributed by atoms with Gasteiger partial charge >= 0.3 is 5.69 Å². The summed E-state index contributed by atoms with van der Waals surface area (Å²) in [6.45, 7) is 7.17. The molecule has 0 aliphatic carbocycles. The van der Waals surface area contributed by atoms with Gasteiger partial charge in [-0.15, -0.1) is 6.58 Å². The number of fused-ring (bicyclic) bond motifs is 1. The van der Waals surface area contributed by atoms with Crippen LogP contribution >= 0.6 is 0 Å². The van der Waals surface area contributed by atoms with Gasteiger partial charge < -0.3 is 24.6 Å². The number of aromatic amines is 1. The van der Waals surface area contributed by atoms with Gasteiger partial charge in [-0.1, -0.05) is 6.08 Å². The summed E-state index contributed by atoms with van der Waals surface area (Å²) < 4.78 is 8.27. The molecule has 2 aromatic rings. The second kappa shape index (κ2) is 7.85. The largest absolute Gasteiger partial charge is 0.389 e. The zero-order valence-corrected chi connectivity index (χ0v) is 14.8. The van der Waals surface area contributed by atoms with Crippen LogP contribution in [0.5, 0.6) is 0 Å². The smallest absolute Gasteiger partial charge is 0.329 e. The third kappa shape index (κ3) is 3.57. The Kier molecular flexibility index (Phi) is 5.55. The van der Waals surface area contributed by atoms with Crippen LogP contribution in [0, 0.1) is 0 Å². The Morgan fingerprint density at radius 2 is 2.12 bits per heavy atom. The van der Waals surface area contributed by atoms with Gasteiger partial charge in [-0.3, -0.25) is 14.3 Å². The van der Waals surface area contributed by atoms with E-state index in [1.54, 1.807) is 17.7 Å². The van der Waals surface area contributed by atoms with Gasteiger partial charge in [-0.25, -0.2) is 4.79 Å². The Morgan fingerprint density at radius 3 is 2.81 bits per heavy atom. The molecule has 1 aliphatic heterocycles. The molecule has 0 aromatic carbocycles. The summed E-state index contributed by atoms with van der Waals surface area (Å²) in [6, 6.07) is 0. The first-order valence-corrected chi connectivity index (χ1v) is 8.55. The summed E-state index contributed by atoms with van der Waals surface area (Å²) >= 11 is 0. The van der Waals surface area contributed by atoms with Gasteiger partial charge in [0, 0.05) is 33.2 Å². The van der Waals surface area contributed by atoms with Crippen molar-refractivity contribution in [3.05, 3.63) is 33.5 Å². The minimum Gasteiger partial charge on any atom is -0.389 e. The number of ether oxygens (including phenoxy) is 1. The number of hydrogen-bond acceptors (Lipinski definition) is 7. The maximum absolute atomic E-state index is 12.4. The van der Waals surface area contributed by atoms with E-state index in [4.69, 9.17) is 4.74 Å². The molecule has 2 aromatic heterocycles. The topological polar surface area (TPSA) is 117 Å². The summed E-state index contributed by atoms with van der Waals surface area (Å²) in [4.78, 5) is 33.2. The quantitative estimate of drug-likeness (QED) is 0.400. The number of hydrogen-bond donors (Lipinski definition) is 3. The van der Waals surface area contributed by atoms with Crippen LogP contribution in [0.3, 0.4) is 0 Å². The Balaban J connectivity index is 2.04. The predicted octanol–water partition coefficient (Wildman–Crippen LogP) is -1.60. The average Bonchev–Trinajstić information content (AvgIpc) is 3.00. The van der Waals surface area contributed by atoms with Crippen molar-refractivity contribution in [3.63, 3.8) is 0 Å². The van der Waals surface area contributed by atoms with Crippen LogP contribution in [0.15, 0.2) is 22.2 Å². The number of imidazole rings is 1. The lowest BCUT2D eigenvalue weighted by Crippen LogP contribution is -2.45. The summed E-state index contributed by atoms with van der Waals surface area (Å²) in [6.07, 6.45) is 0.775. The summed E-state index contributed by atoms with van der Waals surface area (Å²) in [5, 5.41) is 13.6. The molecule has 0 spiro atoms. The van der Waals surface area contributed by atoms with Crippen LogP contribution in [-0.2, 0) is 18.3 Å². The van der Waals surface area contributed by atoms with Crippen molar-refractivity contribution in [2.45, 2.75) is 12.6 Å². The van der Waals surface area contributed by atoms with E-state index < -0.39 is 17.4 Å². The standard InChI is InChI=1S/C16H24N6O4/c1-3-8-26-10-11(23)9-22-12-13(20(2)16(25)19-14(12)24)18-15(22)21-6-4-17-5-7-21/h3,11,17,23H,1,4-10H2,2H3,(H,19,24,25). The van der Waals surface area contributed by atoms with Gasteiger partial charge in [0.1, 0.15) is 0 Å². The van der Waals surface area contributed by atoms with Crippen molar-refractivity contribution < 1.29 is 9.84 Å². The van der Waals surface area contributed by atoms with E-state index in [0.29, 0.717) is 18.2 Å². The molecule has 0 amide bonds. The molecule has 1 saturated heterocycles. The third-order valence-corrected chi connectivity index (χ3v) is 4.33. The molecule has 0 saturated carbocycles. The van der Waals surface area contributed by atoms with Crippen molar-refractivity contribution in [1.29, 1.82) is 0 Å². The molecule has 1 unspecified atom stereocenters. The molecule has 0 bridgehead atoms. The van der Waals surface area contributed by atoms with Crippen molar-refractivity contribution in [1.82, 2.24) is 24.4 Å². The molecule has 26 heavy (non-hydrogen) atoms. The first-order valence-electron chi connectivity index (χ1n) is 8.55. The van der Waals surface area contributed by atoms with Crippen molar-refractivity contribution in [2.75, 3.05) is 44.3 Å². The average molecular weight is 364 g/mol. The third-order valence-electron chi connectivity index (χ3n) is 4.33. The fourth-order valence-corrected chi connectivity index (χ4v) is 3.05. The molecule has 10 heteroatoms. The number of anilines is 1. The zero-order chi connectivity index (χ0) is 18.7. The first kappa shape index (κ1) is 18.4. The van der Waals surface area contributed by atoms with Gasteiger partial charge in [0.25, 0.3) is 5.56 Å². The summed E-state index contributed by atoms with van der Waals surface area (Å²) in [5.74, 6) is 0.566. The maximum atomic E-state index is 12.4. The van der Waals surface area contributed by atoms with Gasteiger partial charge in [0.05, 0.1) is 25.9 Å². The minimum absolute atomic E-state index is 0.107. The van der Waals surface area contributed by atoms with Gasteiger partial charge in [0.15, 0.2) is 11.2 Å². The Hall–Kier alpha value is -2.43. The highest BCUT2D eigenvalue weighted by molar-refractivity contribution is 5.74. The van der Waals surface area contributed by atoms with Crippen molar-refractivity contribution >= 4 is 17.1 Å². The number of piperazine rings is 1. The highest BCUT2D eigenvalue weighted by atomic mass is 16.5. The number of aryl methyl sites for hydroxylation is 1. The van der Waals surface area contributed by atoms with Crippen LogP contribution in [-0.4, -0.2) is 69.7 Å². The lowest BCUT2D eigenvalue weighted by molar-refractivity contribution is 0.0404. The molecule has 3 N–H and O–H groups in total. The SMILES string of the molecule is C=CCOCC(O)Cn1c(N2CCNCC2)nc2c1c(=O)[nH]c(=O)n2C. The Bertz CT molecular complexity index is 893. The second-order valence-corrected chi connectivity index (χ2v) is 6.23. The fraction of sp³-hybridized carbons (Fsp3) is 0.562. The Morgan fingerprint density at radius 1 is 1.38 bits per heavy atom. The van der Waals surface area contributed by atoms with E-state index in [1.165, 1.54) is 4.57 Å². The molecule has 142 valence electrons. The number of nitrogens with zero attached hydrogens (tertiary/aromatic N) is 4. The molecule has 1 aliphatic rings. The summed E-state index contributed by atoms with van der Waals surface area (Å²) in [7, 11) is 1.56. The molecule has 3 rings (SSSR count). The number of aliphatic hydroxyl groups excluding tert-OH is 1. The number of nitrogens with one attached hydrogen (secondary N) is 2. The van der Waals surface area contributed by atoms with E-state index >= 15 is 0 Å². The lowest BCUT2D eigenvalue weighted by atomic mass is 10.3. The van der Waals surface area contributed by atoms with E-state index in [-0.39, 0.29) is 18.7 Å². The van der Waals surface area contributed by atoms with E-state index in [9.17, 15) is 14.7 Å². The molecule has 1 fully saturated rings. The fourth-order valence-electron chi connectivity index (χ4n) is 3.05. The summed E-state index contributed by atoms with van der Waals surface area (Å²) in [5.41, 5.74) is -0.472. The Labute approximate surface area is 149 Å². The molecule has 0 radical (unpaired) electrons. The maximum Gasteiger partial charge on any atom is 0.329 e. The van der Waals surface area contributed by atoms with Crippen LogP contribution < -0.4 is 21.5 Å². The molecular formula is C16H24N6O4. The molecule has 10 nitrogen and oxygen atoms in total. The van der Waals surface area contributed by atoms with E-state index in [0.717, 1.165) is 26.2 Å². The number of H-pyrrole nitrogens is 1.